The summed E-state index contributed by atoms with van der Waals surface area (Å²) in [6.07, 6.45) is 2.17. The number of rotatable bonds is 6. The van der Waals surface area contributed by atoms with Gasteiger partial charge in [-0.15, -0.1) is 0 Å². The minimum absolute atomic E-state index is 0.163. The van der Waals surface area contributed by atoms with Gasteiger partial charge in [0, 0.05) is 39.3 Å². The van der Waals surface area contributed by atoms with Gasteiger partial charge in [0.1, 0.15) is 0 Å². The molecule has 4 heteroatoms. The third kappa shape index (κ3) is 3.81. The van der Waals surface area contributed by atoms with Crippen LogP contribution in [0, 0.1) is 5.92 Å². The lowest BCUT2D eigenvalue weighted by molar-refractivity contribution is -0.140. The topological polar surface area (TPSA) is 32.8 Å². The van der Waals surface area contributed by atoms with Gasteiger partial charge in [0.15, 0.2) is 0 Å². The zero-order chi connectivity index (χ0) is 17.1. The molecule has 0 aliphatic carbocycles. The summed E-state index contributed by atoms with van der Waals surface area (Å²) in [4.78, 5) is 17.2. The van der Waals surface area contributed by atoms with Crippen molar-refractivity contribution in [2.75, 3.05) is 33.4 Å². The van der Waals surface area contributed by atoms with Crippen LogP contribution in [0.1, 0.15) is 43.7 Å². The second kappa shape index (κ2) is 7.66. The molecular formula is C20H30N2O2. The first-order valence-electron chi connectivity index (χ1n) is 9.19. The summed E-state index contributed by atoms with van der Waals surface area (Å²) in [5.41, 5.74) is 2.73. The molecule has 4 nitrogen and oxygen atoms in total. The summed E-state index contributed by atoms with van der Waals surface area (Å²) in [5.74, 6) is 1.07. The van der Waals surface area contributed by atoms with Crippen molar-refractivity contribution in [1.82, 2.24) is 9.80 Å². The van der Waals surface area contributed by atoms with E-state index in [4.69, 9.17) is 4.74 Å². The highest BCUT2D eigenvalue weighted by Crippen LogP contribution is 2.29. The Morgan fingerprint density at radius 2 is 1.92 bits per heavy atom. The van der Waals surface area contributed by atoms with Crippen molar-refractivity contribution in [2.45, 2.75) is 45.2 Å². The monoisotopic (exact) mass is 330 g/mol. The first-order chi connectivity index (χ1) is 11.6. The molecule has 3 saturated heterocycles. The molecule has 0 saturated carbocycles. The molecule has 0 spiro atoms. The number of carbonyl (C=O) groups excluding carboxylic acids is 1. The van der Waals surface area contributed by atoms with E-state index in [-0.39, 0.29) is 5.92 Å². The Morgan fingerprint density at radius 3 is 2.58 bits per heavy atom. The average Bonchev–Trinajstić information content (AvgIpc) is 2.84. The molecule has 3 heterocycles. The van der Waals surface area contributed by atoms with Gasteiger partial charge in [0.05, 0.1) is 12.5 Å². The summed E-state index contributed by atoms with van der Waals surface area (Å²) in [5, 5.41) is 0. The van der Waals surface area contributed by atoms with Crippen LogP contribution in [0.3, 0.4) is 0 Å². The number of hydrogen-bond acceptors (Lipinski definition) is 3. The summed E-state index contributed by atoms with van der Waals surface area (Å²) < 4.78 is 5.19. The standard InChI is InChI=1S/C20H30N2O2/c1-15(2)17-6-4-16(5-7-17)12-21-13-18-8-9-19(14-21)22(20(18)23)10-11-24-3/h4-7,15,18-19H,8-14H2,1-3H3/t18-,19+/m1/s1. The van der Waals surface area contributed by atoms with E-state index < -0.39 is 0 Å². The molecule has 2 bridgehead atoms. The van der Waals surface area contributed by atoms with Crippen molar-refractivity contribution in [3.8, 4) is 0 Å². The van der Waals surface area contributed by atoms with Gasteiger partial charge in [-0.25, -0.2) is 0 Å². The van der Waals surface area contributed by atoms with Crippen LogP contribution in [-0.2, 0) is 16.1 Å². The summed E-state index contributed by atoms with van der Waals surface area (Å²) in [6.45, 7) is 8.63. The average molecular weight is 330 g/mol. The van der Waals surface area contributed by atoms with Crippen LogP contribution in [0.25, 0.3) is 0 Å². The van der Waals surface area contributed by atoms with Crippen molar-refractivity contribution in [3.05, 3.63) is 35.4 Å². The largest absolute Gasteiger partial charge is 0.383 e. The van der Waals surface area contributed by atoms with Crippen molar-refractivity contribution in [2.24, 2.45) is 5.92 Å². The maximum absolute atomic E-state index is 12.7. The van der Waals surface area contributed by atoms with Gasteiger partial charge in [-0.2, -0.15) is 0 Å². The number of benzene rings is 1. The molecule has 3 fully saturated rings. The fourth-order valence-electron chi connectivity index (χ4n) is 4.01. The molecule has 1 aromatic carbocycles. The lowest BCUT2D eigenvalue weighted by atomic mass is 9.94. The molecule has 0 unspecified atom stereocenters. The predicted molar refractivity (Wildman–Crippen MR) is 95.9 cm³/mol. The van der Waals surface area contributed by atoms with E-state index in [0.29, 0.717) is 24.5 Å². The van der Waals surface area contributed by atoms with E-state index in [9.17, 15) is 4.79 Å². The molecule has 132 valence electrons. The van der Waals surface area contributed by atoms with E-state index in [1.54, 1.807) is 7.11 Å². The van der Waals surface area contributed by atoms with Gasteiger partial charge in [0.25, 0.3) is 0 Å². The summed E-state index contributed by atoms with van der Waals surface area (Å²) in [7, 11) is 1.70. The molecular weight excluding hydrogens is 300 g/mol. The number of nitrogens with zero attached hydrogens (tertiary/aromatic N) is 2. The Morgan fingerprint density at radius 1 is 1.17 bits per heavy atom. The minimum atomic E-state index is 0.163. The summed E-state index contributed by atoms with van der Waals surface area (Å²) >= 11 is 0. The zero-order valence-corrected chi connectivity index (χ0v) is 15.2. The third-order valence-electron chi connectivity index (χ3n) is 5.46. The van der Waals surface area contributed by atoms with Gasteiger partial charge in [-0.1, -0.05) is 38.1 Å². The fraction of sp³-hybridized carbons (Fsp3) is 0.650. The number of ether oxygens (including phenoxy) is 1. The number of amides is 1. The first-order valence-corrected chi connectivity index (χ1v) is 9.19. The molecule has 2 atom stereocenters. The van der Waals surface area contributed by atoms with Crippen molar-refractivity contribution in [1.29, 1.82) is 0 Å². The van der Waals surface area contributed by atoms with Crippen molar-refractivity contribution < 1.29 is 9.53 Å². The van der Waals surface area contributed by atoms with Gasteiger partial charge >= 0.3 is 0 Å². The van der Waals surface area contributed by atoms with Crippen LogP contribution < -0.4 is 0 Å². The van der Waals surface area contributed by atoms with E-state index in [2.05, 4.69) is 47.9 Å². The number of methoxy groups -OCH3 is 1. The lowest BCUT2D eigenvalue weighted by Gasteiger charge is -2.35. The van der Waals surface area contributed by atoms with Gasteiger partial charge in [-0.3, -0.25) is 9.69 Å². The highest BCUT2D eigenvalue weighted by Gasteiger charge is 2.40. The van der Waals surface area contributed by atoms with Crippen molar-refractivity contribution in [3.63, 3.8) is 0 Å². The number of carbonyl (C=O) groups is 1. The van der Waals surface area contributed by atoms with E-state index in [1.165, 1.54) is 11.1 Å². The molecule has 0 N–H and O–H groups in total. The van der Waals surface area contributed by atoms with Crippen LogP contribution in [0.2, 0.25) is 0 Å². The minimum Gasteiger partial charge on any atom is -0.383 e. The fourth-order valence-corrected chi connectivity index (χ4v) is 4.01. The van der Waals surface area contributed by atoms with E-state index >= 15 is 0 Å². The predicted octanol–water partition coefficient (Wildman–Crippen LogP) is 2.88. The maximum Gasteiger partial charge on any atom is 0.227 e. The normalized spacial score (nSPS) is 24.7. The Balaban J connectivity index is 1.66. The Bertz CT molecular complexity index is 555. The van der Waals surface area contributed by atoms with Crippen LogP contribution in [-0.4, -0.2) is 55.1 Å². The number of piperidine rings is 1. The zero-order valence-electron chi connectivity index (χ0n) is 15.2. The Labute approximate surface area is 145 Å². The Hall–Kier alpha value is -1.39. The van der Waals surface area contributed by atoms with Crippen LogP contribution in [0.5, 0.6) is 0 Å². The van der Waals surface area contributed by atoms with E-state index in [1.807, 2.05) is 0 Å². The molecule has 0 radical (unpaired) electrons. The maximum atomic E-state index is 12.7. The molecule has 4 rings (SSSR count). The molecule has 0 aromatic heterocycles. The van der Waals surface area contributed by atoms with Crippen LogP contribution >= 0.6 is 0 Å². The third-order valence-corrected chi connectivity index (χ3v) is 5.46. The van der Waals surface area contributed by atoms with Crippen molar-refractivity contribution >= 4 is 5.91 Å². The Kier molecular flexibility index (Phi) is 5.57. The lowest BCUT2D eigenvalue weighted by Crippen LogP contribution is -2.49. The highest BCUT2D eigenvalue weighted by atomic mass is 16.5. The highest BCUT2D eigenvalue weighted by molar-refractivity contribution is 5.80. The van der Waals surface area contributed by atoms with E-state index in [0.717, 1.165) is 39.0 Å². The van der Waals surface area contributed by atoms with Crippen LogP contribution in [0.15, 0.2) is 24.3 Å². The van der Waals surface area contributed by atoms with Gasteiger partial charge < -0.3 is 9.64 Å². The molecule has 1 aromatic rings. The smallest absolute Gasteiger partial charge is 0.227 e. The molecule has 1 amide bonds. The second-order valence-corrected chi connectivity index (χ2v) is 7.54. The molecule has 3 aliphatic heterocycles. The first kappa shape index (κ1) is 17.4. The van der Waals surface area contributed by atoms with Crippen LogP contribution in [0.4, 0.5) is 0 Å². The SMILES string of the molecule is COCCN1C(=O)[C@@H]2CC[C@H]1CN(Cc1ccc(C(C)C)cc1)C2. The number of fused-ring (bicyclic) bond motifs is 4. The van der Waals surface area contributed by atoms with Gasteiger partial charge in [-0.05, 0) is 29.9 Å². The molecule has 24 heavy (non-hydrogen) atoms. The second-order valence-electron chi connectivity index (χ2n) is 7.54. The molecule has 3 aliphatic rings. The quantitative estimate of drug-likeness (QED) is 0.804. The number of hydrogen-bond donors (Lipinski definition) is 0. The van der Waals surface area contributed by atoms with Gasteiger partial charge in [0.2, 0.25) is 5.91 Å². The summed E-state index contributed by atoms with van der Waals surface area (Å²) in [6, 6.07) is 9.31.